The molecular weight excluding hydrogens is 364 g/mol. The Kier molecular flexibility index (Phi) is 4.58. The van der Waals surface area contributed by atoms with Crippen LogP contribution in [0.1, 0.15) is 57.1 Å². The highest BCUT2D eigenvalue weighted by molar-refractivity contribution is 7.92. The van der Waals surface area contributed by atoms with Crippen molar-refractivity contribution < 1.29 is 13.2 Å². The zero-order chi connectivity index (χ0) is 20.1. The maximum absolute atomic E-state index is 13.0. The van der Waals surface area contributed by atoms with Crippen molar-refractivity contribution >= 4 is 27.3 Å². The summed E-state index contributed by atoms with van der Waals surface area (Å²) in [6.45, 7) is 11.5. The van der Waals surface area contributed by atoms with Crippen molar-refractivity contribution in [3.05, 3.63) is 35.2 Å². The highest BCUT2D eigenvalue weighted by atomic mass is 32.2. The molecule has 0 radical (unpaired) electrons. The second-order valence-electron chi connectivity index (χ2n) is 8.01. The van der Waals surface area contributed by atoms with E-state index in [2.05, 4.69) is 15.1 Å². The van der Waals surface area contributed by atoms with Gasteiger partial charge in [-0.15, -0.1) is 0 Å². The molecule has 146 valence electrons. The van der Waals surface area contributed by atoms with E-state index >= 15 is 0 Å². The summed E-state index contributed by atoms with van der Waals surface area (Å²) in [7, 11) is -3.78. The van der Waals surface area contributed by atoms with Gasteiger partial charge in [0.25, 0.3) is 10.0 Å². The van der Waals surface area contributed by atoms with Crippen molar-refractivity contribution in [1.82, 2.24) is 9.78 Å². The van der Waals surface area contributed by atoms with Crippen LogP contribution in [0.5, 0.6) is 0 Å². The lowest BCUT2D eigenvalue weighted by Gasteiger charge is -2.32. The third-order valence-electron chi connectivity index (χ3n) is 4.96. The number of aromatic nitrogens is 2. The van der Waals surface area contributed by atoms with Gasteiger partial charge in [-0.3, -0.25) is 14.2 Å². The SMILES string of the molecule is Cc1nn(C(C)C)c(C)c1NS(=O)(=O)c1ccc2c(c1)C(C)(C)CC(=O)N2. The molecule has 2 N–H and O–H groups in total. The van der Waals surface area contributed by atoms with Crippen LogP contribution in [0, 0.1) is 13.8 Å². The fourth-order valence-electron chi connectivity index (χ4n) is 3.56. The molecule has 0 fully saturated rings. The van der Waals surface area contributed by atoms with Crippen molar-refractivity contribution in [2.24, 2.45) is 0 Å². The van der Waals surface area contributed by atoms with Crippen LogP contribution >= 0.6 is 0 Å². The Hall–Kier alpha value is -2.35. The summed E-state index contributed by atoms with van der Waals surface area (Å²) in [5.41, 5.74) is 2.96. The van der Waals surface area contributed by atoms with Crippen LogP contribution < -0.4 is 10.0 Å². The number of anilines is 2. The third kappa shape index (κ3) is 3.45. The number of carbonyl (C=O) groups is 1. The molecule has 1 aliphatic rings. The molecule has 0 aliphatic carbocycles. The van der Waals surface area contributed by atoms with Gasteiger partial charge < -0.3 is 5.32 Å². The van der Waals surface area contributed by atoms with Gasteiger partial charge in [-0.2, -0.15) is 5.10 Å². The number of sulfonamides is 1. The molecule has 8 heteroatoms. The molecule has 3 rings (SSSR count). The Labute approximate surface area is 160 Å². The van der Waals surface area contributed by atoms with E-state index in [0.717, 1.165) is 11.3 Å². The van der Waals surface area contributed by atoms with Crippen LogP contribution in [0.3, 0.4) is 0 Å². The van der Waals surface area contributed by atoms with Gasteiger partial charge in [-0.1, -0.05) is 13.8 Å². The largest absolute Gasteiger partial charge is 0.326 e. The van der Waals surface area contributed by atoms with Gasteiger partial charge in [-0.25, -0.2) is 8.42 Å². The molecule has 1 amide bonds. The summed E-state index contributed by atoms with van der Waals surface area (Å²) in [4.78, 5) is 12.0. The fraction of sp³-hybridized carbons (Fsp3) is 0.474. The number of hydrogen-bond acceptors (Lipinski definition) is 4. The van der Waals surface area contributed by atoms with E-state index in [-0.39, 0.29) is 16.8 Å². The van der Waals surface area contributed by atoms with Gasteiger partial charge in [0.2, 0.25) is 5.91 Å². The second-order valence-corrected chi connectivity index (χ2v) is 9.69. The Morgan fingerprint density at radius 2 is 1.93 bits per heavy atom. The van der Waals surface area contributed by atoms with Crippen LogP contribution in [0.4, 0.5) is 11.4 Å². The molecule has 0 unspecified atom stereocenters. The Bertz CT molecular complexity index is 1020. The van der Waals surface area contributed by atoms with Crippen LogP contribution in [0.15, 0.2) is 23.1 Å². The van der Waals surface area contributed by atoms with Crippen molar-refractivity contribution in [2.45, 2.75) is 64.3 Å². The zero-order valence-corrected chi connectivity index (χ0v) is 17.4. The topological polar surface area (TPSA) is 93.1 Å². The van der Waals surface area contributed by atoms with Crippen LogP contribution in [-0.2, 0) is 20.2 Å². The molecule has 7 nitrogen and oxygen atoms in total. The highest BCUT2D eigenvalue weighted by Gasteiger charge is 2.33. The van der Waals surface area contributed by atoms with Crippen LogP contribution in [-0.4, -0.2) is 24.1 Å². The monoisotopic (exact) mass is 390 g/mol. The van der Waals surface area contributed by atoms with Crippen LogP contribution in [0.25, 0.3) is 0 Å². The molecule has 2 aromatic rings. The van der Waals surface area contributed by atoms with Gasteiger partial charge in [0.1, 0.15) is 0 Å². The maximum Gasteiger partial charge on any atom is 0.262 e. The number of aryl methyl sites for hydroxylation is 1. The maximum atomic E-state index is 13.0. The summed E-state index contributed by atoms with van der Waals surface area (Å²) in [5.74, 6) is -0.0615. The number of benzene rings is 1. The molecular formula is C19H26N4O3S. The third-order valence-corrected chi connectivity index (χ3v) is 6.30. The first-order valence-electron chi connectivity index (χ1n) is 8.95. The average Bonchev–Trinajstić information content (AvgIpc) is 2.81. The summed E-state index contributed by atoms with van der Waals surface area (Å²) >= 11 is 0. The van der Waals surface area contributed by atoms with Gasteiger partial charge in [0.05, 0.1) is 22.0 Å². The Balaban J connectivity index is 2.01. The van der Waals surface area contributed by atoms with Crippen molar-refractivity contribution in [3.8, 4) is 0 Å². The molecule has 0 saturated heterocycles. The molecule has 2 heterocycles. The number of hydrogen-bond donors (Lipinski definition) is 2. The number of nitrogens with zero attached hydrogens (tertiary/aromatic N) is 2. The van der Waals surface area contributed by atoms with E-state index in [4.69, 9.17) is 0 Å². The summed E-state index contributed by atoms with van der Waals surface area (Å²) in [6.07, 6.45) is 0.316. The number of carbonyl (C=O) groups excluding carboxylic acids is 1. The van der Waals surface area contributed by atoms with Gasteiger partial charge in [-0.05, 0) is 51.5 Å². The lowest BCUT2D eigenvalue weighted by molar-refractivity contribution is -0.117. The first kappa shape index (κ1) is 19.4. The highest BCUT2D eigenvalue weighted by Crippen LogP contribution is 2.38. The number of amides is 1. The summed E-state index contributed by atoms with van der Waals surface area (Å²) in [6, 6.07) is 4.95. The standard InChI is InChI=1S/C19H26N4O3S/c1-11(2)23-13(4)18(12(3)21-23)22-27(25,26)14-7-8-16-15(9-14)19(5,6)10-17(24)20-16/h7-9,11,22H,10H2,1-6H3,(H,20,24). The lowest BCUT2D eigenvalue weighted by atomic mass is 9.78. The van der Waals surface area contributed by atoms with E-state index in [0.29, 0.717) is 23.5 Å². The van der Waals surface area contributed by atoms with E-state index in [1.54, 1.807) is 23.7 Å². The number of rotatable bonds is 4. The van der Waals surface area contributed by atoms with Crippen LogP contribution in [0.2, 0.25) is 0 Å². The molecule has 0 atom stereocenters. The number of fused-ring (bicyclic) bond motifs is 1. The molecule has 0 bridgehead atoms. The minimum Gasteiger partial charge on any atom is -0.326 e. The smallest absolute Gasteiger partial charge is 0.262 e. The molecule has 1 aromatic carbocycles. The molecule has 1 aliphatic heterocycles. The summed E-state index contributed by atoms with van der Waals surface area (Å²) < 4.78 is 30.5. The Morgan fingerprint density at radius 3 is 2.52 bits per heavy atom. The molecule has 1 aromatic heterocycles. The normalized spacial score (nSPS) is 16.2. The lowest BCUT2D eigenvalue weighted by Crippen LogP contribution is -2.32. The van der Waals surface area contributed by atoms with Gasteiger partial charge >= 0.3 is 0 Å². The van der Waals surface area contributed by atoms with E-state index in [9.17, 15) is 13.2 Å². The Morgan fingerprint density at radius 1 is 1.26 bits per heavy atom. The average molecular weight is 391 g/mol. The second kappa shape index (κ2) is 6.37. The van der Waals surface area contributed by atoms with Crippen molar-refractivity contribution in [1.29, 1.82) is 0 Å². The fourth-order valence-corrected chi connectivity index (χ4v) is 4.76. The first-order chi connectivity index (χ1) is 12.4. The quantitative estimate of drug-likeness (QED) is 0.835. The first-order valence-corrected chi connectivity index (χ1v) is 10.4. The molecule has 0 saturated carbocycles. The minimum absolute atomic E-state index is 0.0615. The molecule has 27 heavy (non-hydrogen) atoms. The van der Waals surface area contributed by atoms with Crippen molar-refractivity contribution in [2.75, 3.05) is 10.0 Å². The summed E-state index contributed by atoms with van der Waals surface area (Å²) in [5, 5.41) is 7.24. The van der Waals surface area contributed by atoms with E-state index in [1.165, 1.54) is 6.07 Å². The van der Waals surface area contributed by atoms with Gasteiger partial charge in [0, 0.05) is 23.6 Å². The number of nitrogens with one attached hydrogen (secondary N) is 2. The minimum atomic E-state index is -3.78. The predicted molar refractivity (Wildman–Crippen MR) is 106 cm³/mol. The zero-order valence-electron chi connectivity index (χ0n) is 16.5. The van der Waals surface area contributed by atoms with E-state index < -0.39 is 15.4 Å². The molecule has 0 spiro atoms. The van der Waals surface area contributed by atoms with E-state index in [1.807, 2.05) is 34.6 Å². The van der Waals surface area contributed by atoms with Gasteiger partial charge in [0.15, 0.2) is 0 Å². The van der Waals surface area contributed by atoms with Crippen molar-refractivity contribution in [3.63, 3.8) is 0 Å². The predicted octanol–water partition coefficient (Wildman–Crippen LogP) is 3.50.